The van der Waals surface area contributed by atoms with Crippen LogP contribution in [0.2, 0.25) is 0 Å². The number of fused-ring (bicyclic) bond motifs is 2. The van der Waals surface area contributed by atoms with E-state index in [0.29, 0.717) is 18.3 Å². The van der Waals surface area contributed by atoms with Crippen LogP contribution < -0.4 is 11.1 Å². The Balaban J connectivity index is 1.53. The average molecular weight is 296 g/mol. The average Bonchev–Trinajstić information content (AvgIpc) is 3.06. The van der Waals surface area contributed by atoms with Crippen LogP contribution >= 0.6 is 0 Å². The van der Waals surface area contributed by atoms with Gasteiger partial charge in [-0.1, -0.05) is 12.8 Å². The molecule has 120 valence electrons. The van der Waals surface area contributed by atoms with E-state index in [-0.39, 0.29) is 23.8 Å². The third kappa shape index (κ3) is 4.19. The van der Waals surface area contributed by atoms with Gasteiger partial charge in [0.2, 0.25) is 5.91 Å². The van der Waals surface area contributed by atoms with E-state index in [1.54, 1.807) is 0 Å². The lowest BCUT2D eigenvalue weighted by molar-refractivity contribution is -0.140. The highest BCUT2D eigenvalue weighted by Gasteiger charge is 2.48. The normalized spacial score (nSPS) is 30.4. The molecule has 2 bridgehead atoms. The van der Waals surface area contributed by atoms with E-state index in [9.17, 15) is 9.59 Å². The molecule has 3 N–H and O–H groups in total. The molecule has 4 unspecified atom stereocenters. The molecule has 0 radical (unpaired) electrons. The van der Waals surface area contributed by atoms with Gasteiger partial charge in [0, 0.05) is 19.0 Å². The summed E-state index contributed by atoms with van der Waals surface area (Å²) in [4.78, 5) is 23.1. The van der Waals surface area contributed by atoms with Gasteiger partial charge in [-0.3, -0.25) is 9.59 Å². The van der Waals surface area contributed by atoms with Crippen LogP contribution in [0, 0.1) is 17.8 Å². The van der Waals surface area contributed by atoms with Gasteiger partial charge in [0.1, 0.15) is 0 Å². The van der Waals surface area contributed by atoms with Gasteiger partial charge in [-0.25, -0.2) is 0 Å². The van der Waals surface area contributed by atoms with Crippen LogP contribution in [0.1, 0.15) is 51.4 Å². The van der Waals surface area contributed by atoms with Gasteiger partial charge in [-0.15, -0.1) is 0 Å². The third-order valence-electron chi connectivity index (χ3n) is 5.12. The molecule has 21 heavy (non-hydrogen) atoms. The molecule has 1 amide bonds. The van der Waals surface area contributed by atoms with Gasteiger partial charge >= 0.3 is 5.97 Å². The van der Waals surface area contributed by atoms with Crippen molar-refractivity contribution in [2.75, 3.05) is 13.7 Å². The lowest BCUT2D eigenvalue weighted by Crippen LogP contribution is -2.45. The first kappa shape index (κ1) is 16.3. The highest BCUT2D eigenvalue weighted by molar-refractivity contribution is 5.80. The molecule has 2 rings (SSSR count). The number of amides is 1. The van der Waals surface area contributed by atoms with E-state index in [1.165, 1.54) is 20.0 Å². The molecule has 4 atom stereocenters. The number of hydrogen-bond acceptors (Lipinski definition) is 4. The predicted octanol–water partition coefficient (Wildman–Crippen LogP) is 1.60. The standard InChI is InChI=1S/C16H28N2O3/c1-21-13(19)6-4-2-3-5-9-18-16(20)14-11-7-8-12(10-11)15(14)17/h11-12,14-15H,2-10,17H2,1H3,(H,18,20). The SMILES string of the molecule is COC(=O)CCCCCCNC(=O)C1C2CCC(C2)C1N. The molecule has 2 aliphatic rings. The Kier molecular flexibility index (Phi) is 6.03. The van der Waals surface area contributed by atoms with Gasteiger partial charge in [-0.05, 0) is 43.9 Å². The number of esters is 1. The van der Waals surface area contributed by atoms with Gasteiger partial charge < -0.3 is 15.8 Å². The fourth-order valence-corrected chi connectivity index (χ4v) is 3.90. The van der Waals surface area contributed by atoms with Gasteiger partial charge in [0.15, 0.2) is 0 Å². The van der Waals surface area contributed by atoms with Gasteiger partial charge in [-0.2, -0.15) is 0 Å². The van der Waals surface area contributed by atoms with Crippen molar-refractivity contribution in [2.24, 2.45) is 23.5 Å². The van der Waals surface area contributed by atoms with Crippen molar-refractivity contribution in [3.63, 3.8) is 0 Å². The Morgan fingerprint density at radius 3 is 2.52 bits per heavy atom. The summed E-state index contributed by atoms with van der Waals surface area (Å²) in [6.45, 7) is 0.720. The van der Waals surface area contributed by atoms with Gasteiger partial charge in [0.25, 0.3) is 0 Å². The minimum absolute atomic E-state index is 0.0445. The van der Waals surface area contributed by atoms with Crippen LogP contribution in [0.5, 0.6) is 0 Å². The fourth-order valence-electron chi connectivity index (χ4n) is 3.90. The van der Waals surface area contributed by atoms with Crippen LogP contribution in [0.15, 0.2) is 0 Å². The Hall–Kier alpha value is -1.10. The Morgan fingerprint density at radius 1 is 1.14 bits per heavy atom. The maximum Gasteiger partial charge on any atom is 0.305 e. The van der Waals surface area contributed by atoms with Crippen molar-refractivity contribution in [1.29, 1.82) is 0 Å². The van der Waals surface area contributed by atoms with E-state index in [0.717, 1.165) is 38.6 Å². The number of carbonyl (C=O) groups excluding carboxylic acids is 2. The van der Waals surface area contributed by atoms with E-state index >= 15 is 0 Å². The van der Waals surface area contributed by atoms with E-state index in [4.69, 9.17) is 5.73 Å². The van der Waals surface area contributed by atoms with E-state index in [2.05, 4.69) is 10.1 Å². The van der Waals surface area contributed by atoms with Crippen molar-refractivity contribution in [3.8, 4) is 0 Å². The van der Waals surface area contributed by atoms with E-state index in [1.807, 2.05) is 0 Å². The van der Waals surface area contributed by atoms with Crippen LogP contribution in [0.4, 0.5) is 0 Å². The molecule has 0 saturated heterocycles. The minimum Gasteiger partial charge on any atom is -0.469 e. The number of methoxy groups -OCH3 is 1. The molecule has 2 saturated carbocycles. The maximum absolute atomic E-state index is 12.2. The topological polar surface area (TPSA) is 81.4 Å². The molecule has 0 aromatic carbocycles. The summed E-state index contributed by atoms with van der Waals surface area (Å²) in [6, 6.07) is 0.0730. The summed E-state index contributed by atoms with van der Waals surface area (Å²) in [6.07, 6.45) is 7.86. The molecule has 5 nitrogen and oxygen atoms in total. The molecule has 0 aromatic heterocycles. The Morgan fingerprint density at radius 2 is 1.86 bits per heavy atom. The molecule has 0 heterocycles. The monoisotopic (exact) mass is 296 g/mol. The number of rotatable bonds is 8. The number of unbranched alkanes of at least 4 members (excludes halogenated alkanes) is 3. The lowest BCUT2D eigenvalue weighted by Gasteiger charge is -2.27. The van der Waals surface area contributed by atoms with Crippen LogP contribution in [0.25, 0.3) is 0 Å². The zero-order valence-corrected chi connectivity index (χ0v) is 13.0. The summed E-state index contributed by atoms with van der Waals surface area (Å²) in [5.74, 6) is 1.15. The molecular weight excluding hydrogens is 268 g/mol. The number of ether oxygens (including phenoxy) is 1. The van der Waals surface area contributed by atoms with Crippen molar-refractivity contribution in [2.45, 2.75) is 57.4 Å². The maximum atomic E-state index is 12.2. The zero-order chi connectivity index (χ0) is 15.2. The van der Waals surface area contributed by atoms with E-state index < -0.39 is 0 Å². The first-order chi connectivity index (χ1) is 10.1. The number of hydrogen-bond donors (Lipinski definition) is 2. The summed E-state index contributed by atoms with van der Waals surface area (Å²) >= 11 is 0. The summed E-state index contributed by atoms with van der Waals surface area (Å²) in [5.41, 5.74) is 6.17. The van der Waals surface area contributed by atoms with Gasteiger partial charge in [0.05, 0.1) is 13.0 Å². The Labute approximate surface area is 127 Å². The largest absolute Gasteiger partial charge is 0.469 e. The number of nitrogens with two attached hydrogens (primary N) is 1. The first-order valence-corrected chi connectivity index (χ1v) is 8.23. The summed E-state index contributed by atoms with van der Waals surface area (Å²) in [7, 11) is 1.41. The minimum atomic E-state index is -0.145. The van der Waals surface area contributed by atoms with Crippen LogP contribution in [0.3, 0.4) is 0 Å². The summed E-state index contributed by atoms with van der Waals surface area (Å²) in [5, 5.41) is 3.04. The second-order valence-electron chi connectivity index (χ2n) is 6.47. The highest BCUT2D eigenvalue weighted by atomic mass is 16.5. The van der Waals surface area contributed by atoms with Crippen molar-refractivity contribution in [3.05, 3.63) is 0 Å². The summed E-state index contributed by atoms with van der Waals surface area (Å²) < 4.78 is 4.59. The molecule has 0 aliphatic heterocycles. The molecule has 2 aliphatic carbocycles. The van der Waals surface area contributed by atoms with Crippen molar-refractivity contribution in [1.82, 2.24) is 5.32 Å². The number of carbonyl (C=O) groups is 2. The second-order valence-corrected chi connectivity index (χ2v) is 6.47. The smallest absolute Gasteiger partial charge is 0.305 e. The zero-order valence-electron chi connectivity index (χ0n) is 13.0. The molecule has 0 spiro atoms. The second kappa shape index (κ2) is 7.78. The third-order valence-corrected chi connectivity index (χ3v) is 5.12. The van der Waals surface area contributed by atoms with Crippen LogP contribution in [-0.4, -0.2) is 31.6 Å². The molecule has 2 fully saturated rings. The molecular formula is C16H28N2O3. The quantitative estimate of drug-likeness (QED) is 0.526. The Bertz CT molecular complexity index is 371. The molecule has 0 aromatic rings. The molecule has 5 heteroatoms. The van der Waals surface area contributed by atoms with Crippen molar-refractivity contribution < 1.29 is 14.3 Å². The van der Waals surface area contributed by atoms with Crippen molar-refractivity contribution >= 4 is 11.9 Å². The highest BCUT2D eigenvalue weighted by Crippen LogP contribution is 2.47. The predicted molar refractivity (Wildman–Crippen MR) is 80.4 cm³/mol. The lowest BCUT2D eigenvalue weighted by atomic mass is 9.84. The number of nitrogens with one attached hydrogen (secondary N) is 1. The fraction of sp³-hybridized carbons (Fsp3) is 0.875. The van der Waals surface area contributed by atoms with Crippen LogP contribution in [-0.2, 0) is 14.3 Å². The first-order valence-electron chi connectivity index (χ1n) is 8.23.